The molecule has 0 amide bonds. The van der Waals surface area contributed by atoms with Gasteiger partial charge in [-0.2, -0.15) is 0 Å². The molecule has 7 heteroatoms. The molecule has 2 heterocycles. The number of aromatic nitrogens is 2. The lowest BCUT2D eigenvalue weighted by atomic mass is 9.95. The molecular formula is C18H18FN3O2S. The molecule has 0 bridgehead atoms. The maximum absolute atomic E-state index is 15.2. The van der Waals surface area contributed by atoms with E-state index in [4.69, 9.17) is 5.73 Å². The van der Waals surface area contributed by atoms with Gasteiger partial charge in [0.05, 0.1) is 10.9 Å². The fourth-order valence-electron chi connectivity index (χ4n) is 3.49. The Morgan fingerprint density at radius 1 is 1.32 bits per heavy atom. The predicted molar refractivity (Wildman–Crippen MR) is 97.7 cm³/mol. The van der Waals surface area contributed by atoms with Gasteiger partial charge < -0.3 is 5.73 Å². The molecule has 5 nitrogen and oxygen atoms in total. The molecule has 4 rings (SSSR count). The summed E-state index contributed by atoms with van der Waals surface area (Å²) >= 11 is 1.47. The number of benzene rings is 1. The van der Waals surface area contributed by atoms with Gasteiger partial charge in [0.15, 0.2) is 0 Å². The third-order valence-electron chi connectivity index (χ3n) is 4.85. The van der Waals surface area contributed by atoms with Gasteiger partial charge in [0.25, 0.3) is 5.56 Å². The second kappa shape index (κ2) is 5.64. The average Bonchev–Trinajstić information content (AvgIpc) is 3.29. The number of nitrogens with two attached hydrogens (primary N) is 1. The van der Waals surface area contributed by atoms with E-state index < -0.39 is 17.1 Å². The van der Waals surface area contributed by atoms with Crippen LogP contribution in [0.4, 0.5) is 4.39 Å². The van der Waals surface area contributed by atoms with Crippen LogP contribution in [0.5, 0.6) is 0 Å². The largest absolute Gasteiger partial charge is 0.329 e. The Labute approximate surface area is 146 Å². The molecule has 0 unspecified atom stereocenters. The molecule has 1 aliphatic carbocycles. The maximum atomic E-state index is 15.2. The van der Waals surface area contributed by atoms with Crippen LogP contribution in [0.25, 0.3) is 22.0 Å². The Hall–Kier alpha value is -2.25. The molecule has 1 aromatic carbocycles. The number of halogens is 1. The molecule has 0 aliphatic heterocycles. The molecule has 0 atom stereocenters. The summed E-state index contributed by atoms with van der Waals surface area (Å²) in [6.45, 7) is 3.76. The van der Waals surface area contributed by atoms with E-state index in [0.717, 1.165) is 23.3 Å². The van der Waals surface area contributed by atoms with E-state index in [2.05, 4.69) is 4.98 Å². The highest BCUT2D eigenvalue weighted by molar-refractivity contribution is 7.10. The van der Waals surface area contributed by atoms with Gasteiger partial charge in [0, 0.05) is 28.6 Å². The Morgan fingerprint density at radius 2 is 2.04 bits per heavy atom. The third-order valence-corrected chi connectivity index (χ3v) is 5.81. The zero-order valence-corrected chi connectivity index (χ0v) is 14.8. The molecule has 2 aromatic heterocycles. The minimum Gasteiger partial charge on any atom is -0.326 e. The van der Waals surface area contributed by atoms with E-state index in [1.54, 1.807) is 18.4 Å². The topological polar surface area (TPSA) is 80.9 Å². The van der Waals surface area contributed by atoms with Crippen LogP contribution in [0.15, 0.2) is 21.0 Å². The summed E-state index contributed by atoms with van der Waals surface area (Å²) in [6.07, 6.45) is 1.78. The smallest absolute Gasteiger partial charge is 0.326 e. The van der Waals surface area contributed by atoms with E-state index in [-0.39, 0.29) is 17.0 Å². The highest BCUT2D eigenvalue weighted by atomic mass is 32.1. The van der Waals surface area contributed by atoms with Crippen molar-refractivity contribution in [2.24, 2.45) is 5.73 Å². The van der Waals surface area contributed by atoms with Crippen LogP contribution in [-0.4, -0.2) is 9.55 Å². The van der Waals surface area contributed by atoms with Crippen LogP contribution >= 0.6 is 11.3 Å². The first-order chi connectivity index (χ1) is 11.9. The van der Waals surface area contributed by atoms with Gasteiger partial charge >= 0.3 is 5.69 Å². The van der Waals surface area contributed by atoms with Crippen molar-refractivity contribution in [2.75, 3.05) is 0 Å². The number of rotatable bonds is 3. The van der Waals surface area contributed by atoms with Crippen molar-refractivity contribution in [1.29, 1.82) is 0 Å². The van der Waals surface area contributed by atoms with Crippen LogP contribution in [0.1, 0.15) is 34.9 Å². The predicted octanol–water partition coefficient (Wildman–Crippen LogP) is 2.97. The first-order valence-corrected chi connectivity index (χ1v) is 9.07. The van der Waals surface area contributed by atoms with Crippen LogP contribution in [0, 0.1) is 19.7 Å². The van der Waals surface area contributed by atoms with Crippen molar-refractivity contribution >= 4 is 22.2 Å². The van der Waals surface area contributed by atoms with Crippen molar-refractivity contribution < 1.29 is 4.39 Å². The Balaban J connectivity index is 2.17. The lowest BCUT2D eigenvalue weighted by Crippen LogP contribution is -2.31. The first-order valence-electron chi connectivity index (χ1n) is 8.19. The first kappa shape index (κ1) is 16.2. The number of thiophene rings is 1. The molecule has 0 saturated heterocycles. The zero-order chi connectivity index (χ0) is 17.9. The van der Waals surface area contributed by atoms with E-state index >= 15 is 4.39 Å². The zero-order valence-electron chi connectivity index (χ0n) is 14.0. The van der Waals surface area contributed by atoms with Gasteiger partial charge in [-0.05, 0) is 49.3 Å². The van der Waals surface area contributed by atoms with Crippen LogP contribution in [-0.2, 0) is 6.54 Å². The summed E-state index contributed by atoms with van der Waals surface area (Å²) < 4.78 is 16.8. The molecule has 1 saturated carbocycles. The Kier molecular flexibility index (Phi) is 3.66. The molecule has 130 valence electrons. The minimum atomic E-state index is -0.532. The maximum Gasteiger partial charge on any atom is 0.329 e. The monoisotopic (exact) mass is 359 g/mol. The lowest BCUT2D eigenvalue weighted by Gasteiger charge is -2.17. The van der Waals surface area contributed by atoms with Gasteiger partial charge in [-0.25, -0.2) is 9.18 Å². The normalized spacial score (nSPS) is 14.4. The van der Waals surface area contributed by atoms with Crippen molar-refractivity contribution in [3.05, 3.63) is 54.1 Å². The van der Waals surface area contributed by atoms with Gasteiger partial charge in [0.1, 0.15) is 5.82 Å². The van der Waals surface area contributed by atoms with Crippen molar-refractivity contribution in [1.82, 2.24) is 9.55 Å². The average molecular weight is 359 g/mol. The molecule has 0 radical (unpaired) electrons. The van der Waals surface area contributed by atoms with Gasteiger partial charge in [0.2, 0.25) is 0 Å². The summed E-state index contributed by atoms with van der Waals surface area (Å²) in [7, 11) is 0. The molecule has 1 fully saturated rings. The highest BCUT2D eigenvalue weighted by Crippen LogP contribution is 2.40. The quantitative estimate of drug-likeness (QED) is 0.754. The number of nitrogens with zero attached hydrogens (tertiary/aromatic N) is 1. The van der Waals surface area contributed by atoms with Crippen LogP contribution in [0.3, 0.4) is 0 Å². The number of hydrogen-bond acceptors (Lipinski definition) is 4. The van der Waals surface area contributed by atoms with E-state index in [1.165, 1.54) is 11.3 Å². The molecule has 1 aliphatic rings. The second-order valence-electron chi connectivity index (χ2n) is 6.53. The molecular weight excluding hydrogens is 341 g/mol. The summed E-state index contributed by atoms with van der Waals surface area (Å²) in [4.78, 5) is 28.0. The summed E-state index contributed by atoms with van der Waals surface area (Å²) in [5.41, 5.74) is 7.34. The van der Waals surface area contributed by atoms with Gasteiger partial charge in [-0.3, -0.25) is 14.3 Å². The number of fused-ring (bicyclic) bond motifs is 1. The van der Waals surface area contributed by atoms with Crippen molar-refractivity contribution in [3.63, 3.8) is 0 Å². The molecule has 0 spiro atoms. The number of aryl methyl sites for hydroxylation is 2. The number of H-pyrrole nitrogens is 1. The third kappa shape index (κ3) is 2.38. The standard InChI is InChI=1S/C18H18FN3O2S/c1-8-14-16(22(11-3-4-11)18(24)21-17(14)23)9(2)13(15(8)19)10-5-12(6-20)25-7-10/h5,7,11H,3-4,6,20H2,1-2H3,(H,21,23,24). The number of aromatic amines is 1. The van der Waals surface area contributed by atoms with Crippen molar-refractivity contribution in [3.8, 4) is 11.1 Å². The van der Waals surface area contributed by atoms with Crippen molar-refractivity contribution in [2.45, 2.75) is 39.3 Å². The fraction of sp³-hybridized carbons (Fsp3) is 0.333. The van der Waals surface area contributed by atoms with Gasteiger partial charge in [-0.15, -0.1) is 11.3 Å². The van der Waals surface area contributed by atoms with Crippen LogP contribution < -0.4 is 17.0 Å². The van der Waals surface area contributed by atoms with E-state index in [9.17, 15) is 9.59 Å². The Morgan fingerprint density at radius 3 is 2.64 bits per heavy atom. The van der Waals surface area contributed by atoms with Crippen LogP contribution in [0.2, 0.25) is 0 Å². The molecule has 3 N–H and O–H groups in total. The van der Waals surface area contributed by atoms with Gasteiger partial charge in [-0.1, -0.05) is 0 Å². The summed E-state index contributed by atoms with van der Waals surface area (Å²) in [5, 5.41) is 2.13. The number of hydrogen-bond donors (Lipinski definition) is 2. The minimum absolute atomic E-state index is 0.0744. The lowest BCUT2D eigenvalue weighted by molar-refractivity contribution is 0.621. The summed E-state index contributed by atoms with van der Waals surface area (Å²) in [5.74, 6) is -0.419. The number of nitrogens with one attached hydrogen (secondary N) is 1. The van der Waals surface area contributed by atoms with E-state index in [1.807, 2.05) is 11.4 Å². The Bertz CT molecular complexity index is 1120. The summed E-state index contributed by atoms with van der Waals surface area (Å²) in [6, 6.07) is 1.94. The second-order valence-corrected chi connectivity index (χ2v) is 7.52. The molecule has 25 heavy (non-hydrogen) atoms. The van der Waals surface area contributed by atoms with E-state index in [0.29, 0.717) is 23.2 Å². The fourth-order valence-corrected chi connectivity index (χ4v) is 4.24. The highest BCUT2D eigenvalue weighted by Gasteiger charge is 2.30. The molecule has 3 aromatic rings. The SMILES string of the molecule is Cc1c(F)c(-c2csc(CN)c2)c(C)c2c1c(=O)[nH]c(=O)n2C1CC1.